The number of nitrogens with zero attached hydrogens (tertiary/aromatic N) is 3. The van der Waals surface area contributed by atoms with Crippen molar-refractivity contribution < 1.29 is 0 Å². The zero-order valence-corrected chi connectivity index (χ0v) is 12.0. The van der Waals surface area contributed by atoms with Gasteiger partial charge in [0.2, 0.25) is 0 Å². The standard InChI is InChI=1S/C16H20N4/c1-12(2)20-11-18-16(19-20)15-5-3-13(4-6-15)14-7-9-17-10-8-14/h3-7,11-12,17H,8-10H2,1-2H3. The molecule has 2 heterocycles. The first-order valence-electron chi connectivity index (χ1n) is 7.16. The Balaban J connectivity index is 1.83. The first-order valence-corrected chi connectivity index (χ1v) is 7.16. The van der Waals surface area contributed by atoms with Crippen LogP contribution in [0.5, 0.6) is 0 Å². The van der Waals surface area contributed by atoms with Crippen molar-refractivity contribution in [1.82, 2.24) is 20.1 Å². The Hall–Kier alpha value is -1.94. The zero-order valence-electron chi connectivity index (χ0n) is 12.0. The third kappa shape index (κ3) is 2.65. The van der Waals surface area contributed by atoms with Crippen molar-refractivity contribution in [3.8, 4) is 11.4 Å². The van der Waals surface area contributed by atoms with Gasteiger partial charge in [0.25, 0.3) is 0 Å². The fourth-order valence-electron chi connectivity index (χ4n) is 2.37. The maximum absolute atomic E-state index is 4.50. The Morgan fingerprint density at radius 2 is 1.90 bits per heavy atom. The molecule has 1 aliphatic rings. The Morgan fingerprint density at radius 1 is 1.15 bits per heavy atom. The van der Waals surface area contributed by atoms with Gasteiger partial charge in [-0.25, -0.2) is 9.67 Å². The van der Waals surface area contributed by atoms with Crippen LogP contribution in [-0.4, -0.2) is 27.9 Å². The molecule has 20 heavy (non-hydrogen) atoms. The summed E-state index contributed by atoms with van der Waals surface area (Å²) in [5, 5.41) is 7.84. The second kappa shape index (κ2) is 5.59. The minimum Gasteiger partial charge on any atom is -0.313 e. The quantitative estimate of drug-likeness (QED) is 0.930. The van der Waals surface area contributed by atoms with Gasteiger partial charge in [-0.05, 0) is 37.9 Å². The van der Waals surface area contributed by atoms with Gasteiger partial charge < -0.3 is 5.32 Å². The van der Waals surface area contributed by atoms with Gasteiger partial charge >= 0.3 is 0 Å². The van der Waals surface area contributed by atoms with Gasteiger partial charge in [-0.3, -0.25) is 0 Å². The summed E-state index contributed by atoms with van der Waals surface area (Å²) in [5.41, 5.74) is 3.80. The highest BCUT2D eigenvalue weighted by atomic mass is 15.3. The second-order valence-corrected chi connectivity index (χ2v) is 5.40. The van der Waals surface area contributed by atoms with E-state index in [1.807, 2.05) is 4.68 Å². The summed E-state index contributed by atoms with van der Waals surface area (Å²) in [6.45, 7) is 6.24. The van der Waals surface area contributed by atoms with Crippen LogP contribution in [0.25, 0.3) is 17.0 Å². The molecule has 4 heteroatoms. The molecule has 0 amide bonds. The average Bonchev–Trinajstić information content (AvgIpc) is 2.98. The van der Waals surface area contributed by atoms with E-state index in [4.69, 9.17) is 0 Å². The lowest BCUT2D eigenvalue weighted by Gasteiger charge is -2.14. The van der Waals surface area contributed by atoms with E-state index in [-0.39, 0.29) is 0 Å². The number of aromatic nitrogens is 3. The highest BCUT2D eigenvalue weighted by Crippen LogP contribution is 2.23. The Bertz CT molecular complexity index is 608. The predicted molar refractivity (Wildman–Crippen MR) is 81.3 cm³/mol. The predicted octanol–water partition coefficient (Wildman–Crippen LogP) is 2.90. The molecular weight excluding hydrogens is 248 g/mol. The second-order valence-electron chi connectivity index (χ2n) is 5.40. The number of rotatable bonds is 3. The van der Waals surface area contributed by atoms with E-state index in [2.05, 4.69) is 59.6 Å². The summed E-state index contributed by atoms with van der Waals surface area (Å²) in [6.07, 6.45) is 5.16. The van der Waals surface area contributed by atoms with Crippen LogP contribution in [0.1, 0.15) is 31.9 Å². The van der Waals surface area contributed by atoms with Crippen LogP contribution in [-0.2, 0) is 0 Å². The van der Waals surface area contributed by atoms with Crippen molar-refractivity contribution >= 4 is 5.57 Å². The summed E-state index contributed by atoms with van der Waals surface area (Å²) in [7, 11) is 0. The van der Waals surface area contributed by atoms with Crippen LogP contribution in [0, 0.1) is 0 Å². The fourth-order valence-corrected chi connectivity index (χ4v) is 2.37. The molecule has 0 unspecified atom stereocenters. The highest BCUT2D eigenvalue weighted by Gasteiger charge is 2.08. The van der Waals surface area contributed by atoms with Gasteiger partial charge in [-0.2, -0.15) is 5.10 Å². The van der Waals surface area contributed by atoms with E-state index in [9.17, 15) is 0 Å². The number of hydrogen-bond donors (Lipinski definition) is 1. The molecule has 0 atom stereocenters. The van der Waals surface area contributed by atoms with Crippen molar-refractivity contribution in [2.24, 2.45) is 0 Å². The van der Waals surface area contributed by atoms with E-state index in [1.54, 1.807) is 6.33 Å². The normalized spacial score (nSPS) is 15.4. The SMILES string of the molecule is CC(C)n1cnc(-c2ccc(C3=CCNCC3)cc2)n1. The van der Waals surface area contributed by atoms with Crippen molar-refractivity contribution in [3.05, 3.63) is 42.2 Å². The summed E-state index contributed by atoms with van der Waals surface area (Å²) in [4.78, 5) is 4.38. The van der Waals surface area contributed by atoms with Crippen LogP contribution < -0.4 is 5.32 Å². The van der Waals surface area contributed by atoms with E-state index in [1.165, 1.54) is 11.1 Å². The molecule has 0 radical (unpaired) electrons. The van der Waals surface area contributed by atoms with E-state index >= 15 is 0 Å². The van der Waals surface area contributed by atoms with E-state index < -0.39 is 0 Å². The maximum Gasteiger partial charge on any atom is 0.181 e. The monoisotopic (exact) mass is 268 g/mol. The average molecular weight is 268 g/mol. The molecule has 1 N–H and O–H groups in total. The molecule has 1 aromatic heterocycles. The number of hydrogen-bond acceptors (Lipinski definition) is 3. The summed E-state index contributed by atoms with van der Waals surface area (Å²) in [6, 6.07) is 8.90. The molecule has 0 fully saturated rings. The third-order valence-electron chi connectivity index (χ3n) is 3.62. The largest absolute Gasteiger partial charge is 0.313 e. The molecule has 0 spiro atoms. The number of benzene rings is 1. The topological polar surface area (TPSA) is 42.7 Å². The molecular formula is C16H20N4. The van der Waals surface area contributed by atoms with Crippen molar-refractivity contribution in [1.29, 1.82) is 0 Å². The maximum atomic E-state index is 4.50. The Kier molecular flexibility index (Phi) is 3.65. The van der Waals surface area contributed by atoms with Gasteiger partial charge in [0, 0.05) is 18.2 Å². The Morgan fingerprint density at radius 3 is 2.50 bits per heavy atom. The van der Waals surface area contributed by atoms with Crippen molar-refractivity contribution in [2.75, 3.05) is 13.1 Å². The van der Waals surface area contributed by atoms with Crippen LogP contribution in [0.4, 0.5) is 0 Å². The first kappa shape index (κ1) is 13.1. The molecule has 1 aromatic carbocycles. The summed E-state index contributed by atoms with van der Waals surface area (Å²) < 4.78 is 1.89. The highest BCUT2D eigenvalue weighted by molar-refractivity contribution is 5.69. The van der Waals surface area contributed by atoms with E-state index in [0.29, 0.717) is 6.04 Å². The van der Waals surface area contributed by atoms with Gasteiger partial charge in [0.1, 0.15) is 6.33 Å². The van der Waals surface area contributed by atoms with Crippen LogP contribution in [0.15, 0.2) is 36.7 Å². The smallest absolute Gasteiger partial charge is 0.181 e. The molecule has 104 valence electrons. The fraction of sp³-hybridized carbons (Fsp3) is 0.375. The lowest BCUT2D eigenvalue weighted by molar-refractivity contribution is 0.532. The molecule has 1 aliphatic heterocycles. The molecule has 3 rings (SSSR count). The van der Waals surface area contributed by atoms with Crippen LogP contribution in [0.2, 0.25) is 0 Å². The molecule has 4 nitrogen and oxygen atoms in total. The first-order chi connectivity index (χ1) is 9.74. The Labute approximate surface area is 119 Å². The lowest BCUT2D eigenvalue weighted by Crippen LogP contribution is -2.19. The van der Waals surface area contributed by atoms with E-state index in [0.717, 1.165) is 30.9 Å². The van der Waals surface area contributed by atoms with Crippen LogP contribution >= 0.6 is 0 Å². The molecule has 0 saturated heterocycles. The number of nitrogens with one attached hydrogen (secondary N) is 1. The molecule has 0 aliphatic carbocycles. The summed E-state index contributed by atoms with van der Waals surface area (Å²) >= 11 is 0. The zero-order chi connectivity index (χ0) is 13.9. The molecule has 0 bridgehead atoms. The molecule has 2 aromatic rings. The minimum absolute atomic E-state index is 0.343. The van der Waals surface area contributed by atoms with Crippen molar-refractivity contribution in [2.45, 2.75) is 26.3 Å². The molecule has 0 saturated carbocycles. The lowest BCUT2D eigenvalue weighted by atomic mass is 9.99. The van der Waals surface area contributed by atoms with Crippen molar-refractivity contribution in [3.63, 3.8) is 0 Å². The van der Waals surface area contributed by atoms with Gasteiger partial charge in [0.05, 0.1) is 0 Å². The van der Waals surface area contributed by atoms with Gasteiger partial charge in [0.15, 0.2) is 5.82 Å². The van der Waals surface area contributed by atoms with Gasteiger partial charge in [-0.1, -0.05) is 30.3 Å². The van der Waals surface area contributed by atoms with Gasteiger partial charge in [-0.15, -0.1) is 0 Å². The minimum atomic E-state index is 0.343. The third-order valence-corrected chi connectivity index (χ3v) is 3.62. The van der Waals surface area contributed by atoms with Crippen LogP contribution in [0.3, 0.4) is 0 Å². The summed E-state index contributed by atoms with van der Waals surface area (Å²) in [5.74, 6) is 0.796.